The molecule has 0 aliphatic carbocycles. The Balaban J connectivity index is 5.21. The van der Waals surface area contributed by atoms with Crippen molar-refractivity contribution in [2.75, 3.05) is 13.6 Å². The summed E-state index contributed by atoms with van der Waals surface area (Å²) in [6.07, 6.45) is 0. The van der Waals surface area contributed by atoms with E-state index in [1.54, 1.807) is 13.8 Å². The van der Waals surface area contributed by atoms with Crippen molar-refractivity contribution in [3.8, 4) is 0 Å². The van der Waals surface area contributed by atoms with Gasteiger partial charge in [-0.3, -0.25) is 0 Å². The molecule has 0 saturated carbocycles. The van der Waals surface area contributed by atoms with Gasteiger partial charge in [0.05, 0.1) is 15.3 Å². The zero-order valence-corrected chi connectivity index (χ0v) is 10.7. The molecule has 90 valence electrons. The maximum absolute atomic E-state index is 7.22. The fourth-order valence-electron chi connectivity index (χ4n) is 1.34. The number of methoxy groups -OCH3 is 1. The first kappa shape index (κ1) is 8.77. The molecule has 0 rings (SSSR count). The maximum atomic E-state index is 7.22. The number of rotatable bonds is 5. The van der Waals surface area contributed by atoms with Crippen LogP contribution in [0.5, 0.6) is 0 Å². The van der Waals surface area contributed by atoms with E-state index in [9.17, 15) is 0 Å². The van der Waals surface area contributed by atoms with E-state index in [0.29, 0.717) is 6.61 Å². The molecule has 0 amide bonds. The fourth-order valence-corrected chi connectivity index (χ4v) is 1.34. The minimum Gasteiger partial charge on any atom is -0.374 e. The van der Waals surface area contributed by atoms with Crippen molar-refractivity contribution in [2.45, 2.75) is 59.6 Å². The van der Waals surface area contributed by atoms with E-state index in [1.807, 2.05) is 27.7 Å². The highest BCUT2D eigenvalue weighted by atomic mass is 16.5. The summed E-state index contributed by atoms with van der Waals surface area (Å²) in [6, 6.07) is 0. The quantitative estimate of drug-likeness (QED) is 0.657. The van der Waals surface area contributed by atoms with Gasteiger partial charge >= 0.3 is 0 Å². The van der Waals surface area contributed by atoms with Crippen LogP contribution in [0.25, 0.3) is 0 Å². The fraction of sp³-hybridized carbons (Fsp3) is 0.846. The first-order chi connectivity index (χ1) is 8.33. The van der Waals surface area contributed by atoms with Gasteiger partial charge in [0, 0.05) is 15.0 Å². The third-order valence-electron chi connectivity index (χ3n) is 3.09. The van der Waals surface area contributed by atoms with Crippen molar-refractivity contribution in [3.63, 3.8) is 0 Å². The highest BCUT2D eigenvalue weighted by Gasteiger charge is 2.28. The summed E-state index contributed by atoms with van der Waals surface area (Å²) in [5.74, 6) is 0. The minimum atomic E-state index is -2.43. The van der Waals surface area contributed by atoms with Gasteiger partial charge in [-0.25, -0.2) is 0 Å². The zero-order valence-electron chi connectivity index (χ0n) is 14.7. The molecule has 2 nitrogen and oxygen atoms in total. The largest absolute Gasteiger partial charge is 0.374 e. The van der Waals surface area contributed by atoms with Crippen LogP contribution in [0.3, 0.4) is 0 Å². The Bertz CT molecular complexity index is 330. The van der Waals surface area contributed by atoms with E-state index in [2.05, 4.69) is 0 Å². The summed E-state index contributed by atoms with van der Waals surface area (Å²) in [5, 5.41) is 0. The van der Waals surface area contributed by atoms with Gasteiger partial charge in [-0.1, -0.05) is 0 Å². The number of hydrogen-bond acceptors (Lipinski definition) is 2. The molecule has 0 heterocycles. The van der Waals surface area contributed by atoms with Crippen molar-refractivity contribution in [2.24, 2.45) is 0 Å². The van der Waals surface area contributed by atoms with E-state index in [-0.39, 0.29) is 6.90 Å². The second-order valence-electron chi connectivity index (χ2n) is 4.72. The molecule has 0 aromatic carbocycles. The molecule has 0 atom stereocenters. The molecule has 0 fully saturated rings. The summed E-state index contributed by atoms with van der Waals surface area (Å²) in [6.45, 7) is 11.6. The van der Waals surface area contributed by atoms with E-state index >= 15 is 0 Å². The summed E-state index contributed by atoms with van der Waals surface area (Å²) < 4.78 is 39.6. The Labute approximate surface area is 100 Å². The van der Waals surface area contributed by atoms with Crippen LogP contribution >= 0.6 is 0 Å². The van der Waals surface area contributed by atoms with Crippen LogP contribution in [0.15, 0.2) is 11.1 Å². The molecule has 0 radical (unpaired) electrons. The Morgan fingerprint density at radius 3 is 2.07 bits per heavy atom. The SMILES string of the molecule is [2H]CCOC(C)(C)/C(C)=C(/C)C(C)(C)OC([2H])([2H])[2H]. The highest BCUT2D eigenvalue weighted by Crippen LogP contribution is 2.30. The normalized spacial score (nSPS) is 19.9. The summed E-state index contributed by atoms with van der Waals surface area (Å²) >= 11 is 0. The Hall–Kier alpha value is -0.340. The first-order valence-corrected chi connectivity index (χ1v) is 5.15. The molecule has 0 saturated heterocycles. The molecular formula is C13H26O2. The third-order valence-corrected chi connectivity index (χ3v) is 3.09. The van der Waals surface area contributed by atoms with Crippen molar-refractivity contribution in [3.05, 3.63) is 11.1 Å². The van der Waals surface area contributed by atoms with E-state index in [1.165, 1.54) is 0 Å². The molecule has 0 N–H and O–H groups in total. The van der Waals surface area contributed by atoms with Crippen molar-refractivity contribution < 1.29 is 15.0 Å². The second-order valence-corrected chi connectivity index (χ2v) is 4.72. The van der Waals surface area contributed by atoms with Gasteiger partial charge in [0.15, 0.2) is 0 Å². The van der Waals surface area contributed by atoms with Crippen LogP contribution < -0.4 is 0 Å². The minimum absolute atomic E-state index is 0.199. The molecule has 15 heavy (non-hydrogen) atoms. The van der Waals surface area contributed by atoms with E-state index < -0.39 is 18.2 Å². The predicted octanol–water partition coefficient (Wildman–Crippen LogP) is 3.56. The van der Waals surface area contributed by atoms with Gasteiger partial charge in [0.25, 0.3) is 0 Å². The zero-order chi connectivity index (χ0) is 15.5. The Morgan fingerprint density at radius 1 is 1.07 bits per heavy atom. The lowest BCUT2D eigenvalue weighted by Gasteiger charge is -2.33. The van der Waals surface area contributed by atoms with Gasteiger partial charge in [-0.2, -0.15) is 0 Å². The first-order valence-electron chi connectivity index (χ1n) is 7.36. The molecule has 0 aromatic heterocycles. The molecule has 2 heteroatoms. The van der Waals surface area contributed by atoms with Gasteiger partial charge in [-0.05, 0) is 59.6 Å². The summed E-state index contributed by atoms with van der Waals surface area (Å²) in [5.41, 5.74) is 0.325. The standard InChI is InChI=1S/C13H26O2/c1-9-15-13(6,7)11(3)10(2)12(4,5)14-8/h9H2,1-8H3/b11-10-/i1D,8D3. The molecule has 0 spiro atoms. The van der Waals surface area contributed by atoms with Crippen LogP contribution in [0.4, 0.5) is 0 Å². The average Bonchev–Trinajstić information content (AvgIpc) is 2.21. The van der Waals surface area contributed by atoms with Crippen LogP contribution in [0.1, 0.15) is 53.9 Å². The van der Waals surface area contributed by atoms with Crippen LogP contribution in [0, 0.1) is 0 Å². The molecular weight excluding hydrogens is 188 g/mol. The summed E-state index contributed by atoms with van der Waals surface area (Å²) in [4.78, 5) is 0. The Morgan fingerprint density at radius 2 is 1.60 bits per heavy atom. The van der Waals surface area contributed by atoms with Gasteiger partial charge in [-0.15, -0.1) is 0 Å². The lowest BCUT2D eigenvalue weighted by atomic mass is 9.87. The molecule has 0 aromatic rings. The van der Waals surface area contributed by atoms with Gasteiger partial charge in [0.1, 0.15) is 0 Å². The monoisotopic (exact) mass is 218 g/mol. The van der Waals surface area contributed by atoms with Gasteiger partial charge in [0.2, 0.25) is 0 Å². The van der Waals surface area contributed by atoms with Crippen LogP contribution in [-0.2, 0) is 9.47 Å². The Kier molecular flexibility index (Phi) is 3.00. The van der Waals surface area contributed by atoms with Crippen LogP contribution in [0.2, 0.25) is 0 Å². The predicted molar refractivity (Wildman–Crippen MR) is 65.2 cm³/mol. The second kappa shape index (κ2) is 5.13. The van der Waals surface area contributed by atoms with E-state index in [4.69, 9.17) is 15.0 Å². The van der Waals surface area contributed by atoms with E-state index in [0.717, 1.165) is 11.1 Å². The van der Waals surface area contributed by atoms with Crippen molar-refractivity contribution >= 4 is 0 Å². The number of hydrogen-bond donors (Lipinski definition) is 0. The van der Waals surface area contributed by atoms with Crippen molar-refractivity contribution in [1.82, 2.24) is 0 Å². The smallest absolute Gasteiger partial charge is 0.0836 e. The molecule has 0 bridgehead atoms. The van der Waals surface area contributed by atoms with Crippen molar-refractivity contribution in [1.29, 1.82) is 0 Å². The summed E-state index contributed by atoms with van der Waals surface area (Å²) in [7, 11) is -2.43. The lowest BCUT2D eigenvalue weighted by molar-refractivity contribution is 0.0110. The van der Waals surface area contributed by atoms with Crippen LogP contribution in [-0.4, -0.2) is 24.8 Å². The van der Waals surface area contributed by atoms with Gasteiger partial charge < -0.3 is 9.47 Å². The lowest BCUT2D eigenvalue weighted by Crippen LogP contribution is -2.32. The topological polar surface area (TPSA) is 18.5 Å². The molecule has 0 unspecified atom stereocenters. The molecule has 0 aliphatic rings. The number of ether oxygens (including phenoxy) is 2. The molecule has 0 aliphatic heterocycles. The third kappa shape index (κ3) is 3.62. The highest BCUT2D eigenvalue weighted by molar-refractivity contribution is 5.25. The average molecular weight is 218 g/mol. The maximum Gasteiger partial charge on any atom is 0.0836 e.